The first-order valence-electron chi connectivity index (χ1n) is 8.47. The lowest BCUT2D eigenvalue weighted by Crippen LogP contribution is -2.05. The van der Waals surface area contributed by atoms with Crippen molar-refractivity contribution in [2.24, 2.45) is 0 Å². The van der Waals surface area contributed by atoms with Crippen LogP contribution in [0.25, 0.3) is 10.9 Å². The second-order valence-electron chi connectivity index (χ2n) is 6.42. The van der Waals surface area contributed by atoms with Gasteiger partial charge in [-0.25, -0.2) is 0 Å². The number of fused-ring (bicyclic) bond motifs is 1. The first-order valence-corrected chi connectivity index (χ1v) is 8.85. The van der Waals surface area contributed by atoms with E-state index in [2.05, 4.69) is 10.3 Å². The third-order valence-corrected chi connectivity index (χ3v) is 4.70. The molecule has 0 saturated carbocycles. The van der Waals surface area contributed by atoms with Crippen LogP contribution in [0.1, 0.15) is 30.0 Å². The van der Waals surface area contributed by atoms with Gasteiger partial charge in [0.1, 0.15) is 0 Å². The lowest BCUT2D eigenvalue weighted by atomic mass is 10.0. The highest BCUT2D eigenvalue weighted by Gasteiger charge is 2.30. The van der Waals surface area contributed by atoms with Crippen molar-refractivity contribution in [1.29, 1.82) is 0 Å². The molecule has 1 heterocycles. The molecular weight excluding hydrogens is 377 g/mol. The minimum absolute atomic E-state index is 0.138. The van der Waals surface area contributed by atoms with Gasteiger partial charge in [0.2, 0.25) is 5.91 Å². The maximum atomic E-state index is 12.7. The highest BCUT2D eigenvalue weighted by atomic mass is 35.5. The number of amides is 1. The molecule has 2 aromatic carbocycles. The molecule has 0 atom stereocenters. The summed E-state index contributed by atoms with van der Waals surface area (Å²) in [5, 5.41) is 3.85. The molecule has 1 amide bonds. The molecule has 0 spiro atoms. The average molecular weight is 395 g/mol. The number of aromatic amines is 1. The number of rotatable bonds is 5. The van der Waals surface area contributed by atoms with E-state index in [4.69, 9.17) is 11.6 Å². The highest BCUT2D eigenvalue weighted by molar-refractivity contribution is 6.31. The van der Waals surface area contributed by atoms with Crippen molar-refractivity contribution >= 4 is 34.1 Å². The lowest BCUT2D eigenvalue weighted by Gasteiger charge is -2.10. The first kappa shape index (κ1) is 19.3. The Kier molecular flexibility index (Phi) is 5.46. The van der Waals surface area contributed by atoms with Crippen molar-refractivity contribution in [3.8, 4) is 0 Å². The number of H-pyrrole nitrogens is 1. The van der Waals surface area contributed by atoms with Crippen molar-refractivity contribution in [3.05, 3.63) is 64.3 Å². The van der Waals surface area contributed by atoms with Gasteiger partial charge in [-0.3, -0.25) is 4.79 Å². The topological polar surface area (TPSA) is 44.9 Å². The molecule has 3 aromatic rings. The summed E-state index contributed by atoms with van der Waals surface area (Å²) in [6, 6.07) is 9.42. The summed E-state index contributed by atoms with van der Waals surface area (Å²) < 4.78 is 38.1. The van der Waals surface area contributed by atoms with Gasteiger partial charge in [0.15, 0.2) is 0 Å². The van der Waals surface area contributed by atoms with Crippen LogP contribution in [0.5, 0.6) is 0 Å². The number of nitrogens with one attached hydrogen (secondary N) is 2. The molecular formula is C20H18ClF3N2O. The van der Waals surface area contributed by atoms with E-state index in [9.17, 15) is 18.0 Å². The number of alkyl halides is 3. The number of aromatic nitrogens is 1. The summed E-state index contributed by atoms with van der Waals surface area (Å²) in [7, 11) is 0. The third kappa shape index (κ3) is 4.63. The van der Waals surface area contributed by atoms with E-state index in [1.54, 1.807) is 6.20 Å². The Bertz CT molecular complexity index is 979. The predicted molar refractivity (Wildman–Crippen MR) is 101 cm³/mol. The van der Waals surface area contributed by atoms with Gasteiger partial charge in [0.05, 0.1) is 11.3 Å². The van der Waals surface area contributed by atoms with Gasteiger partial charge in [-0.1, -0.05) is 23.7 Å². The van der Waals surface area contributed by atoms with Crippen LogP contribution in [0.3, 0.4) is 0 Å². The number of halogens is 4. The Labute approximate surface area is 159 Å². The molecule has 0 fully saturated rings. The molecule has 27 heavy (non-hydrogen) atoms. The van der Waals surface area contributed by atoms with E-state index in [1.165, 1.54) is 13.0 Å². The molecule has 0 bridgehead atoms. The van der Waals surface area contributed by atoms with Crippen LogP contribution in [-0.2, 0) is 23.8 Å². The number of benzene rings is 2. The van der Waals surface area contributed by atoms with Crippen molar-refractivity contribution in [2.45, 2.75) is 32.4 Å². The molecule has 0 aliphatic rings. The summed E-state index contributed by atoms with van der Waals surface area (Å²) in [5.74, 6) is -0.141. The minimum atomic E-state index is -4.39. The zero-order chi connectivity index (χ0) is 19.6. The lowest BCUT2D eigenvalue weighted by molar-refractivity contribution is -0.137. The first-order chi connectivity index (χ1) is 12.7. The number of carbonyl (C=O) groups is 1. The van der Waals surface area contributed by atoms with Crippen molar-refractivity contribution in [1.82, 2.24) is 4.98 Å². The zero-order valence-electron chi connectivity index (χ0n) is 14.6. The van der Waals surface area contributed by atoms with Crippen LogP contribution >= 0.6 is 11.6 Å². The molecule has 0 radical (unpaired) electrons. The second-order valence-corrected chi connectivity index (χ2v) is 6.83. The number of aryl methyl sites for hydroxylation is 2. The van der Waals surface area contributed by atoms with E-state index in [-0.39, 0.29) is 10.9 Å². The Morgan fingerprint density at radius 2 is 1.93 bits per heavy atom. The number of hydrogen-bond acceptors (Lipinski definition) is 1. The fourth-order valence-corrected chi connectivity index (χ4v) is 3.30. The summed E-state index contributed by atoms with van der Waals surface area (Å²) in [6.07, 6.45) is -0.563. The maximum absolute atomic E-state index is 12.7. The van der Waals surface area contributed by atoms with Crippen LogP contribution in [-0.4, -0.2) is 10.9 Å². The van der Waals surface area contributed by atoms with Crippen LogP contribution in [0.15, 0.2) is 42.6 Å². The smallest absolute Gasteiger partial charge is 0.359 e. The van der Waals surface area contributed by atoms with Gasteiger partial charge in [0.25, 0.3) is 0 Å². The fourth-order valence-electron chi connectivity index (χ4n) is 3.03. The molecule has 0 saturated heterocycles. The largest absolute Gasteiger partial charge is 0.416 e. The van der Waals surface area contributed by atoms with Gasteiger partial charge >= 0.3 is 6.18 Å². The van der Waals surface area contributed by atoms with E-state index >= 15 is 0 Å². The average Bonchev–Trinajstić information content (AvgIpc) is 2.97. The number of anilines is 1. The SMILES string of the molecule is CC(=O)Nc1c[nH]c2ccc(CCCc3ccc(C(F)(F)F)cc3Cl)cc12. The molecule has 3 rings (SSSR count). The minimum Gasteiger partial charge on any atom is -0.359 e. The van der Waals surface area contributed by atoms with Crippen molar-refractivity contribution < 1.29 is 18.0 Å². The third-order valence-electron chi connectivity index (χ3n) is 4.35. The Morgan fingerprint density at radius 3 is 2.59 bits per heavy atom. The quantitative estimate of drug-likeness (QED) is 0.549. The maximum Gasteiger partial charge on any atom is 0.416 e. The van der Waals surface area contributed by atoms with Crippen molar-refractivity contribution in [3.63, 3.8) is 0 Å². The van der Waals surface area contributed by atoms with Crippen LogP contribution in [0.4, 0.5) is 18.9 Å². The molecule has 7 heteroatoms. The Balaban J connectivity index is 1.67. The summed E-state index contributed by atoms with van der Waals surface area (Å²) in [6.45, 7) is 1.45. The van der Waals surface area contributed by atoms with Crippen molar-refractivity contribution in [2.75, 3.05) is 5.32 Å². The molecule has 2 N–H and O–H groups in total. The normalized spacial score (nSPS) is 11.7. The zero-order valence-corrected chi connectivity index (χ0v) is 15.3. The van der Waals surface area contributed by atoms with Gasteiger partial charge in [-0.15, -0.1) is 0 Å². The standard InChI is InChI=1S/C20H18ClF3N2O/c1-12(27)26-19-11-25-18-8-5-13(9-16(18)19)3-2-4-14-6-7-15(10-17(14)21)20(22,23)24/h5-11,25H,2-4H2,1H3,(H,26,27). The Morgan fingerprint density at radius 1 is 1.15 bits per heavy atom. The molecule has 0 aliphatic heterocycles. The van der Waals surface area contributed by atoms with Gasteiger partial charge in [0, 0.05) is 29.0 Å². The Hall–Kier alpha value is -2.47. The van der Waals surface area contributed by atoms with Crippen LogP contribution < -0.4 is 5.32 Å². The molecule has 1 aromatic heterocycles. The summed E-state index contributed by atoms with van der Waals surface area (Å²) in [5.41, 5.74) is 2.70. The van der Waals surface area contributed by atoms with Gasteiger partial charge in [-0.2, -0.15) is 13.2 Å². The molecule has 142 valence electrons. The number of carbonyl (C=O) groups excluding carboxylic acids is 1. The second kappa shape index (κ2) is 7.64. The van der Waals surface area contributed by atoms with E-state index in [1.807, 2.05) is 18.2 Å². The van der Waals surface area contributed by atoms with Gasteiger partial charge < -0.3 is 10.3 Å². The van der Waals surface area contributed by atoms with E-state index in [0.29, 0.717) is 12.0 Å². The fraction of sp³-hybridized carbons (Fsp3) is 0.250. The summed E-state index contributed by atoms with van der Waals surface area (Å²) >= 11 is 6.01. The molecule has 3 nitrogen and oxygen atoms in total. The predicted octanol–water partition coefficient (Wildman–Crippen LogP) is 5.97. The van der Waals surface area contributed by atoms with E-state index in [0.717, 1.165) is 47.1 Å². The molecule has 0 unspecified atom stereocenters. The summed E-state index contributed by atoms with van der Waals surface area (Å²) in [4.78, 5) is 14.4. The van der Waals surface area contributed by atoms with E-state index < -0.39 is 11.7 Å². The van der Waals surface area contributed by atoms with Crippen LogP contribution in [0.2, 0.25) is 5.02 Å². The van der Waals surface area contributed by atoms with Crippen LogP contribution in [0, 0.1) is 0 Å². The monoisotopic (exact) mass is 394 g/mol. The van der Waals surface area contributed by atoms with Gasteiger partial charge in [-0.05, 0) is 54.7 Å². The molecule has 0 aliphatic carbocycles. The number of hydrogen-bond donors (Lipinski definition) is 2. The highest BCUT2D eigenvalue weighted by Crippen LogP contribution is 2.32.